The molecule has 1 rings (SSSR count). The van der Waals surface area contributed by atoms with Gasteiger partial charge in [0.25, 0.3) is 0 Å². The maximum Gasteiger partial charge on any atom is 0.322 e. The van der Waals surface area contributed by atoms with Crippen LogP contribution >= 0.6 is 0 Å². The van der Waals surface area contributed by atoms with Crippen LogP contribution in [0.1, 0.15) is 41.5 Å². The lowest BCUT2D eigenvalue weighted by Gasteiger charge is -2.53. The first-order valence-corrected chi connectivity index (χ1v) is 17.5. The van der Waals surface area contributed by atoms with Crippen LogP contribution in [0, 0.1) is 0 Å². The van der Waals surface area contributed by atoms with E-state index in [2.05, 4.69) is 20.8 Å². The maximum atomic E-state index is 6.88. The summed E-state index contributed by atoms with van der Waals surface area (Å²) in [6, 6.07) is 5.47. The second kappa shape index (κ2) is 12.9. The summed E-state index contributed by atoms with van der Waals surface area (Å²) in [4.78, 5) is 0. The third kappa shape index (κ3) is 7.63. The quantitative estimate of drug-likeness (QED) is 0.276. The first-order valence-electron chi connectivity index (χ1n) is 10.8. The highest BCUT2D eigenvalue weighted by atomic mass is 28.5. The Labute approximate surface area is 170 Å². The molecule has 0 aromatic rings. The Kier molecular flexibility index (Phi) is 12.1. The third-order valence-electron chi connectivity index (χ3n) is 5.23. The lowest BCUT2D eigenvalue weighted by atomic mass is 10.8. The first-order chi connectivity index (χ1) is 13.0. The van der Waals surface area contributed by atoms with Crippen molar-refractivity contribution < 1.29 is 26.6 Å². The van der Waals surface area contributed by atoms with Crippen LogP contribution in [0.5, 0.6) is 0 Å². The van der Waals surface area contributed by atoms with Crippen LogP contribution in [-0.2, 0) is 26.6 Å². The molecule has 1 aliphatic heterocycles. The van der Waals surface area contributed by atoms with Crippen LogP contribution in [-0.4, -0.2) is 65.3 Å². The van der Waals surface area contributed by atoms with Gasteiger partial charge in [-0.15, -0.1) is 0 Å². The Morgan fingerprint density at radius 2 is 0.741 bits per heavy atom. The molecule has 162 valence electrons. The van der Waals surface area contributed by atoms with E-state index in [9.17, 15) is 0 Å². The van der Waals surface area contributed by atoms with Crippen molar-refractivity contribution in [3.8, 4) is 0 Å². The van der Waals surface area contributed by atoms with Crippen molar-refractivity contribution in [2.24, 2.45) is 0 Å². The molecule has 1 fully saturated rings. The minimum absolute atomic E-state index is 0.704. The Morgan fingerprint density at radius 3 is 0.926 bits per heavy atom. The van der Waals surface area contributed by atoms with Gasteiger partial charge in [-0.1, -0.05) is 20.8 Å². The maximum absolute atomic E-state index is 6.88. The van der Waals surface area contributed by atoms with E-state index in [1.165, 1.54) is 0 Å². The van der Waals surface area contributed by atoms with Gasteiger partial charge in [0.15, 0.2) is 0 Å². The molecular weight excluding hydrogens is 396 g/mol. The van der Waals surface area contributed by atoms with Crippen LogP contribution in [0.15, 0.2) is 0 Å². The molecule has 0 saturated carbocycles. The Hall–Kier alpha value is 0.411. The van der Waals surface area contributed by atoms with Gasteiger partial charge in [0, 0.05) is 57.8 Å². The largest absolute Gasteiger partial charge is 0.415 e. The molecule has 9 heteroatoms. The van der Waals surface area contributed by atoms with Crippen molar-refractivity contribution in [3.05, 3.63) is 0 Å². The fourth-order valence-electron chi connectivity index (χ4n) is 3.47. The van der Waals surface area contributed by atoms with E-state index < -0.39 is 25.7 Å². The monoisotopic (exact) mass is 438 g/mol. The molecule has 1 heterocycles. The van der Waals surface area contributed by atoms with E-state index in [0.29, 0.717) is 19.8 Å². The second-order valence-corrected chi connectivity index (χ2v) is 18.5. The smallest absolute Gasteiger partial charge is 0.322 e. The van der Waals surface area contributed by atoms with E-state index >= 15 is 0 Å². The normalized spacial score (nSPS) is 31.3. The molecule has 0 aromatic heterocycles. The first kappa shape index (κ1) is 25.4. The van der Waals surface area contributed by atoms with Crippen molar-refractivity contribution in [1.82, 2.24) is 0 Å². The van der Waals surface area contributed by atoms with Crippen LogP contribution in [0.25, 0.3) is 0 Å². The number of hydrogen-bond donors (Lipinski definition) is 0. The second-order valence-electron chi connectivity index (χ2n) is 6.94. The standard InChI is InChI=1S/C18H42O6Si3/c1-7-19-13-16-25(10-4)22-26(11-5,17-14-20-8-2)24-27(12-6,23-25)18-15-21-9-3/h7-18H2,1-6H3. The van der Waals surface area contributed by atoms with Gasteiger partial charge in [0.05, 0.1) is 0 Å². The van der Waals surface area contributed by atoms with Gasteiger partial charge in [-0.2, -0.15) is 0 Å². The zero-order valence-corrected chi connectivity index (χ0v) is 21.4. The lowest BCUT2D eigenvalue weighted by molar-refractivity contribution is 0.129. The van der Waals surface area contributed by atoms with Crippen LogP contribution < -0.4 is 0 Å². The van der Waals surface area contributed by atoms with E-state index in [4.69, 9.17) is 26.6 Å². The average Bonchev–Trinajstić information content (AvgIpc) is 2.68. The van der Waals surface area contributed by atoms with Crippen molar-refractivity contribution >= 4 is 25.7 Å². The predicted octanol–water partition coefficient (Wildman–Crippen LogP) is 4.55. The van der Waals surface area contributed by atoms with Crippen molar-refractivity contribution in [2.45, 2.75) is 77.8 Å². The summed E-state index contributed by atoms with van der Waals surface area (Å²) in [5.74, 6) is 0. The zero-order chi connectivity index (χ0) is 20.2. The van der Waals surface area contributed by atoms with Crippen LogP contribution in [0.4, 0.5) is 0 Å². The summed E-state index contributed by atoms with van der Waals surface area (Å²) in [5.41, 5.74) is 0. The van der Waals surface area contributed by atoms with Gasteiger partial charge >= 0.3 is 25.7 Å². The van der Waals surface area contributed by atoms with Crippen molar-refractivity contribution in [2.75, 3.05) is 39.6 Å². The molecule has 0 bridgehead atoms. The SMILES string of the molecule is CCOCC[Si]1(CC)O[Si](CC)(CCOCC)O[Si](CC)(CCOCC)O1. The fourth-order valence-corrected chi connectivity index (χ4v) is 21.6. The molecule has 0 unspecified atom stereocenters. The topological polar surface area (TPSA) is 55.4 Å². The van der Waals surface area contributed by atoms with E-state index in [0.717, 1.165) is 56.1 Å². The van der Waals surface area contributed by atoms with Crippen molar-refractivity contribution in [1.29, 1.82) is 0 Å². The highest BCUT2D eigenvalue weighted by molar-refractivity contribution is 6.94. The number of ether oxygens (including phenoxy) is 3. The number of rotatable bonds is 15. The van der Waals surface area contributed by atoms with E-state index in [1.807, 2.05) is 20.8 Å². The van der Waals surface area contributed by atoms with E-state index in [-0.39, 0.29) is 0 Å². The highest BCUT2D eigenvalue weighted by Crippen LogP contribution is 2.41. The molecule has 6 nitrogen and oxygen atoms in total. The van der Waals surface area contributed by atoms with Crippen LogP contribution in [0.3, 0.4) is 0 Å². The Balaban J connectivity index is 3.10. The molecule has 27 heavy (non-hydrogen) atoms. The summed E-state index contributed by atoms with van der Waals surface area (Å²) in [7, 11) is -7.09. The molecular formula is C18H42O6Si3. The summed E-state index contributed by atoms with van der Waals surface area (Å²) in [5, 5.41) is 0. The Bertz CT molecular complexity index is 336. The molecule has 0 aromatic carbocycles. The minimum atomic E-state index is -2.36. The molecule has 0 spiro atoms. The third-order valence-corrected chi connectivity index (χ3v) is 20.3. The fraction of sp³-hybridized carbons (Fsp3) is 1.00. The highest BCUT2D eigenvalue weighted by Gasteiger charge is 2.59. The predicted molar refractivity (Wildman–Crippen MR) is 116 cm³/mol. The molecule has 0 atom stereocenters. The zero-order valence-electron chi connectivity index (χ0n) is 18.4. The summed E-state index contributed by atoms with van der Waals surface area (Å²) < 4.78 is 37.7. The molecule has 1 saturated heterocycles. The van der Waals surface area contributed by atoms with Gasteiger partial charge in [0.1, 0.15) is 0 Å². The van der Waals surface area contributed by atoms with Crippen LogP contribution in [0.2, 0.25) is 36.3 Å². The van der Waals surface area contributed by atoms with E-state index in [1.54, 1.807) is 0 Å². The van der Waals surface area contributed by atoms with Gasteiger partial charge in [-0.3, -0.25) is 0 Å². The Morgan fingerprint density at radius 1 is 0.481 bits per heavy atom. The molecule has 1 aliphatic rings. The molecule has 0 aliphatic carbocycles. The van der Waals surface area contributed by atoms with Gasteiger partial charge < -0.3 is 26.6 Å². The van der Waals surface area contributed by atoms with Gasteiger partial charge in [-0.05, 0) is 38.9 Å². The minimum Gasteiger partial charge on any atom is -0.415 e. The molecule has 0 N–H and O–H groups in total. The lowest BCUT2D eigenvalue weighted by Crippen LogP contribution is -2.70. The molecule has 0 amide bonds. The summed E-state index contributed by atoms with van der Waals surface area (Å²) in [6.45, 7) is 17.0. The summed E-state index contributed by atoms with van der Waals surface area (Å²) >= 11 is 0. The van der Waals surface area contributed by atoms with Crippen molar-refractivity contribution in [3.63, 3.8) is 0 Å². The number of hydrogen-bond acceptors (Lipinski definition) is 6. The average molecular weight is 439 g/mol. The molecule has 0 radical (unpaired) electrons. The summed E-state index contributed by atoms with van der Waals surface area (Å²) in [6.07, 6.45) is 0. The van der Waals surface area contributed by atoms with Gasteiger partial charge in [-0.25, -0.2) is 0 Å². The van der Waals surface area contributed by atoms with Gasteiger partial charge in [0.2, 0.25) is 0 Å².